The van der Waals surface area contributed by atoms with Gasteiger partial charge in [-0.25, -0.2) is 4.79 Å². The first-order valence-corrected chi connectivity index (χ1v) is 5.65. The second kappa shape index (κ2) is 8.27. The molecule has 0 saturated heterocycles. The Morgan fingerprint density at radius 1 is 1.29 bits per heavy atom. The van der Waals surface area contributed by atoms with E-state index in [-0.39, 0.29) is 0 Å². The first kappa shape index (κ1) is 16.1. The molecular formula is C11H23NO5. The molecule has 0 fully saturated rings. The first-order chi connectivity index (χ1) is 7.81. The van der Waals surface area contributed by atoms with E-state index in [4.69, 9.17) is 19.3 Å². The van der Waals surface area contributed by atoms with Crippen molar-refractivity contribution in [3.05, 3.63) is 0 Å². The van der Waals surface area contributed by atoms with Gasteiger partial charge in [-0.1, -0.05) is 0 Å². The second-order valence-corrected chi connectivity index (χ2v) is 4.51. The monoisotopic (exact) mass is 249 g/mol. The van der Waals surface area contributed by atoms with Gasteiger partial charge in [0.1, 0.15) is 5.60 Å². The molecule has 0 aromatic heterocycles. The largest absolute Gasteiger partial charge is 0.444 e. The highest BCUT2D eigenvalue weighted by Gasteiger charge is 2.15. The van der Waals surface area contributed by atoms with Crippen LogP contribution in [0.1, 0.15) is 27.7 Å². The van der Waals surface area contributed by atoms with Gasteiger partial charge >= 0.3 is 6.09 Å². The van der Waals surface area contributed by atoms with Crippen LogP contribution in [0.5, 0.6) is 0 Å². The summed E-state index contributed by atoms with van der Waals surface area (Å²) in [4.78, 5) is 11.2. The lowest BCUT2D eigenvalue weighted by molar-refractivity contribution is -0.0991. The molecule has 17 heavy (non-hydrogen) atoms. The van der Waals surface area contributed by atoms with Gasteiger partial charge in [-0.05, 0) is 27.7 Å². The molecule has 0 rings (SSSR count). The summed E-state index contributed by atoms with van der Waals surface area (Å²) in [5.41, 5.74) is -0.490. The number of amides is 1. The number of hydrogen-bond acceptors (Lipinski definition) is 5. The van der Waals surface area contributed by atoms with Gasteiger partial charge in [0.05, 0.1) is 19.8 Å². The molecule has 0 aliphatic rings. The Labute approximate surface area is 102 Å². The first-order valence-electron chi connectivity index (χ1n) is 5.65. The maximum absolute atomic E-state index is 11.2. The van der Waals surface area contributed by atoms with Gasteiger partial charge in [0.25, 0.3) is 0 Å². The number of ether oxygens (including phenoxy) is 3. The zero-order chi connectivity index (χ0) is 13.3. The molecule has 0 spiro atoms. The van der Waals surface area contributed by atoms with Crippen molar-refractivity contribution < 1.29 is 24.1 Å². The molecule has 0 heterocycles. The van der Waals surface area contributed by atoms with Gasteiger partial charge in [0, 0.05) is 6.54 Å². The number of rotatable bonds is 7. The topological polar surface area (TPSA) is 77.0 Å². The number of carbonyl (C=O) groups excluding carboxylic acids is 1. The van der Waals surface area contributed by atoms with E-state index < -0.39 is 18.0 Å². The number of aliphatic hydroxyl groups is 1. The Kier molecular flexibility index (Phi) is 7.86. The normalized spacial score (nSPS) is 13.2. The Balaban J connectivity index is 3.31. The fraction of sp³-hybridized carbons (Fsp3) is 0.909. The van der Waals surface area contributed by atoms with Crippen LogP contribution in [0, 0.1) is 0 Å². The van der Waals surface area contributed by atoms with Crippen molar-refractivity contribution in [2.75, 3.05) is 26.4 Å². The number of nitrogens with one attached hydrogen (secondary N) is 1. The van der Waals surface area contributed by atoms with Crippen LogP contribution in [0.25, 0.3) is 0 Å². The molecule has 1 amide bonds. The van der Waals surface area contributed by atoms with Crippen LogP contribution in [0.3, 0.4) is 0 Å². The Bertz CT molecular complexity index is 212. The van der Waals surface area contributed by atoms with E-state index >= 15 is 0 Å². The lowest BCUT2D eigenvalue weighted by atomic mass is 10.2. The summed E-state index contributed by atoms with van der Waals surface area (Å²) in [6, 6.07) is 0. The minimum Gasteiger partial charge on any atom is -0.444 e. The molecule has 2 N–H and O–H groups in total. The van der Waals surface area contributed by atoms with Crippen LogP contribution >= 0.6 is 0 Å². The van der Waals surface area contributed by atoms with Gasteiger partial charge < -0.3 is 24.6 Å². The highest BCUT2D eigenvalue weighted by atomic mass is 16.6. The van der Waals surface area contributed by atoms with Gasteiger partial charge in [-0.15, -0.1) is 0 Å². The lowest BCUT2D eigenvalue weighted by Gasteiger charge is -2.19. The molecule has 0 saturated carbocycles. The summed E-state index contributed by atoms with van der Waals surface area (Å²) in [5.74, 6) is 0. The van der Waals surface area contributed by atoms with Crippen LogP contribution in [-0.4, -0.2) is 49.5 Å². The predicted octanol–water partition coefficient (Wildman–Crippen LogP) is 0.883. The van der Waals surface area contributed by atoms with Crippen LogP contribution in [0.2, 0.25) is 0 Å². The molecule has 0 radical (unpaired) electrons. The summed E-state index contributed by atoms with van der Waals surface area (Å²) in [6.45, 7) is 8.39. The predicted molar refractivity (Wildman–Crippen MR) is 62.7 cm³/mol. The quantitative estimate of drug-likeness (QED) is 0.517. The third kappa shape index (κ3) is 13.1. The maximum Gasteiger partial charge on any atom is 0.407 e. The molecular weight excluding hydrogens is 226 g/mol. The van der Waals surface area contributed by atoms with Crippen molar-refractivity contribution in [1.29, 1.82) is 0 Å². The van der Waals surface area contributed by atoms with Crippen molar-refractivity contribution in [2.24, 2.45) is 0 Å². The number of hydrogen-bond donors (Lipinski definition) is 2. The molecule has 6 nitrogen and oxygen atoms in total. The molecule has 1 unspecified atom stereocenters. The summed E-state index contributed by atoms with van der Waals surface area (Å²) < 4.78 is 15.0. The summed E-state index contributed by atoms with van der Waals surface area (Å²) in [6.07, 6.45) is -1.24. The Morgan fingerprint density at radius 3 is 2.47 bits per heavy atom. The van der Waals surface area contributed by atoms with Crippen LogP contribution < -0.4 is 5.32 Å². The highest BCUT2D eigenvalue weighted by Crippen LogP contribution is 2.05. The molecule has 1 atom stereocenters. The van der Waals surface area contributed by atoms with Crippen molar-refractivity contribution in [1.82, 2.24) is 5.32 Å². The third-order valence-electron chi connectivity index (χ3n) is 1.50. The highest BCUT2D eigenvalue weighted by molar-refractivity contribution is 5.67. The minimum absolute atomic E-state index is 0.324. The van der Waals surface area contributed by atoms with Crippen molar-refractivity contribution >= 4 is 6.09 Å². The van der Waals surface area contributed by atoms with Crippen molar-refractivity contribution in [3.8, 4) is 0 Å². The SMILES string of the molecule is CC(O)OCCOCCNC(=O)OC(C)(C)C. The summed E-state index contributed by atoms with van der Waals surface area (Å²) >= 11 is 0. The van der Waals surface area contributed by atoms with E-state index in [1.807, 2.05) is 0 Å². The van der Waals surface area contributed by atoms with E-state index in [2.05, 4.69) is 5.32 Å². The van der Waals surface area contributed by atoms with Crippen molar-refractivity contribution in [3.63, 3.8) is 0 Å². The average Bonchev–Trinajstić information content (AvgIpc) is 2.12. The van der Waals surface area contributed by atoms with Crippen LogP contribution in [0.15, 0.2) is 0 Å². The van der Waals surface area contributed by atoms with E-state index in [1.165, 1.54) is 6.92 Å². The minimum atomic E-state index is -0.779. The van der Waals surface area contributed by atoms with Gasteiger partial charge in [-0.3, -0.25) is 0 Å². The summed E-state index contributed by atoms with van der Waals surface area (Å²) in [7, 11) is 0. The Hall–Kier alpha value is -0.850. The molecule has 6 heteroatoms. The van der Waals surface area contributed by atoms with Crippen molar-refractivity contribution in [2.45, 2.75) is 39.6 Å². The number of aliphatic hydroxyl groups excluding tert-OH is 1. The zero-order valence-corrected chi connectivity index (χ0v) is 11.0. The molecule has 0 bridgehead atoms. The number of alkyl carbamates (subject to hydrolysis) is 1. The third-order valence-corrected chi connectivity index (χ3v) is 1.50. The summed E-state index contributed by atoms with van der Waals surface area (Å²) in [5, 5.41) is 11.3. The van der Waals surface area contributed by atoms with E-state index in [9.17, 15) is 4.79 Å². The van der Waals surface area contributed by atoms with Gasteiger partial charge in [-0.2, -0.15) is 0 Å². The van der Waals surface area contributed by atoms with E-state index in [0.717, 1.165) is 0 Å². The fourth-order valence-corrected chi connectivity index (χ4v) is 0.919. The average molecular weight is 249 g/mol. The molecule has 0 aromatic carbocycles. The van der Waals surface area contributed by atoms with E-state index in [1.54, 1.807) is 20.8 Å². The van der Waals surface area contributed by atoms with E-state index in [0.29, 0.717) is 26.4 Å². The standard InChI is InChI=1S/C11H23NO5/c1-9(13)16-8-7-15-6-5-12-10(14)17-11(2,3)4/h9,13H,5-8H2,1-4H3,(H,12,14). The molecule has 0 aliphatic carbocycles. The molecule has 0 aliphatic heterocycles. The van der Waals surface area contributed by atoms with Crippen LogP contribution in [0.4, 0.5) is 4.79 Å². The smallest absolute Gasteiger partial charge is 0.407 e. The van der Waals surface area contributed by atoms with Crippen LogP contribution in [-0.2, 0) is 14.2 Å². The zero-order valence-electron chi connectivity index (χ0n) is 11.0. The lowest BCUT2D eigenvalue weighted by Crippen LogP contribution is -2.34. The molecule has 102 valence electrons. The second-order valence-electron chi connectivity index (χ2n) is 4.51. The van der Waals surface area contributed by atoms with Gasteiger partial charge in [0.2, 0.25) is 0 Å². The fourth-order valence-electron chi connectivity index (χ4n) is 0.919. The molecule has 0 aromatic rings. The Morgan fingerprint density at radius 2 is 1.94 bits per heavy atom. The maximum atomic E-state index is 11.2. The van der Waals surface area contributed by atoms with Gasteiger partial charge in [0.15, 0.2) is 6.29 Å². The number of carbonyl (C=O) groups is 1.